The van der Waals surface area contributed by atoms with Crippen LogP contribution in [0.5, 0.6) is 0 Å². The van der Waals surface area contributed by atoms with Gasteiger partial charge >= 0.3 is 13.1 Å². The Morgan fingerprint density at radius 1 is 0.875 bits per heavy atom. The highest BCUT2D eigenvalue weighted by atomic mass is 19.1. The molecule has 0 bridgehead atoms. The zero-order chi connectivity index (χ0) is 28.2. The van der Waals surface area contributed by atoms with E-state index in [0.29, 0.717) is 35.7 Å². The number of nitrogens with zero attached hydrogens (tertiary/aromatic N) is 3. The molecule has 40 heavy (non-hydrogen) atoms. The van der Waals surface area contributed by atoms with Gasteiger partial charge in [0, 0.05) is 54.5 Å². The van der Waals surface area contributed by atoms with Crippen molar-refractivity contribution in [3.63, 3.8) is 0 Å². The van der Waals surface area contributed by atoms with Crippen LogP contribution >= 0.6 is 0 Å². The van der Waals surface area contributed by atoms with Crippen LogP contribution in [0, 0.1) is 5.82 Å². The standard InChI is InChI=1S/C28H25BFN5O5/c30-22-7-4-8-23-24(22)21(17-31-23)25(36)27(37)35-15-13-34(14-16-35)26(18-5-2-1-3-6-18)33-28(38)32-20-11-9-19(10-12-20)29(39)40/h1-12,17,31,39-40H,13-16H2,(H,32,38)/b33-26+. The Morgan fingerprint density at radius 3 is 2.23 bits per heavy atom. The Kier molecular flexibility index (Phi) is 7.71. The summed E-state index contributed by atoms with van der Waals surface area (Å²) in [4.78, 5) is 49.3. The molecule has 1 fully saturated rings. The van der Waals surface area contributed by atoms with Crippen molar-refractivity contribution in [1.29, 1.82) is 0 Å². The number of aromatic amines is 1. The van der Waals surface area contributed by atoms with E-state index in [1.54, 1.807) is 6.07 Å². The van der Waals surface area contributed by atoms with E-state index >= 15 is 0 Å². The van der Waals surface area contributed by atoms with Gasteiger partial charge < -0.3 is 30.1 Å². The first-order valence-electron chi connectivity index (χ1n) is 12.6. The van der Waals surface area contributed by atoms with E-state index in [4.69, 9.17) is 0 Å². The van der Waals surface area contributed by atoms with E-state index < -0.39 is 30.7 Å². The molecule has 3 aromatic carbocycles. The first-order chi connectivity index (χ1) is 19.3. The van der Waals surface area contributed by atoms with Gasteiger partial charge in [-0.2, -0.15) is 4.99 Å². The second-order valence-corrected chi connectivity index (χ2v) is 9.20. The lowest BCUT2D eigenvalue weighted by molar-refractivity contribution is -0.127. The van der Waals surface area contributed by atoms with Crippen LogP contribution in [0.15, 0.2) is 84.0 Å². The van der Waals surface area contributed by atoms with Gasteiger partial charge in [0.2, 0.25) is 0 Å². The Hall–Kier alpha value is -4.81. The van der Waals surface area contributed by atoms with Gasteiger partial charge in [-0.05, 0) is 29.7 Å². The maximum absolute atomic E-state index is 14.4. The number of piperazine rings is 1. The molecule has 1 aromatic heterocycles. The molecule has 1 saturated heterocycles. The SMILES string of the molecule is O=C(/N=C(\c1ccccc1)N1CCN(C(=O)C(=O)c2c[nH]c3cccc(F)c23)CC1)Nc1ccc(B(O)O)cc1. The van der Waals surface area contributed by atoms with Gasteiger partial charge in [0.05, 0.1) is 5.56 Å². The fourth-order valence-corrected chi connectivity index (χ4v) is 4.59. The summed E-state index contributed by atoms with van der Waals surface area (Å²) in [6.45, 7) is 1.03. The van der Waals surface area contributed by atoms with Gasteiger partial charge in [-0.15, -0.1) is 0 Å². The largest absolute Gasteiger partial charge is 0.488 e. The van der Waals surface area contributed by atoms with Crippen LogP contribution < -0.4 is 10.8 Å². The number of fused-ring (bicyclic) bond motifs is 1. The Balaban J connectivity index is 1.30. The number of hydrogen-bond acceptors (Lipinski definition) is 5. The first kappa shape index (κ1) is 26.8. The van der Waals surface area contributed by atoms with Crippen LogP contribution in [-0.2, 0) is 4.79 Å². The summed E-state index contributed by atoms with van der Waals surface area (Å²) in [5.41, 5.74) is 1.83. The molecule has 0 atom stereocenters. The van der Waals surface area contributed by atoms with E-state index in [1.165, 1.54) is 47.5 Å². The van der Waals surface area contributed by atoms with Crippen LogP contribution in [0.2, 0.25) is 0 Å². The molecule has 2 heterocycles. The number of rotatable bonds is 5. The molecule has 0 saturated carbocycles. The summed E-state index contributed by atoms with van der Waals surface area (Å²) in [5.74, 6) is -1.70. The lowest BCUT2D eigenvalue weighted by atomic mass is 9.80. The molecule has 0 radical (unpaired) electrons. The van der Waals surface area contributed by atoms with E-state index in [0.717, 1.165) is 0 Å². The van der Waals surface area contributed by atoms with Crippen LogP contribution in [0.1, 0.15) is 15.9 Å². The number of halogens is 1. The summed E-state index contributed by atoms with van der Waals surface area (Å²) in [5, 5.41) is 21.3. The molecular weight excluding hydrogens is 516 g/mol. The van der Waals surface area contributed by atoms with Crippen molar-refractivity contribution in [1.82, 2.24) is 14.8 Å². The highest BCUT2D eigenvalue weighted by Crippen LogP contribution is 2.23. The van der Waals surface area contributed by atoms with Crippen LogP contribution in [0.25, 0.3) is 10.9 Å². The molecule has 1 aliphatic heterocycles. The average Bonchev–Trinajstić information content (AvgIpc) is 3.42. The van der Waals surface area contributed by atoms with Crippen molar-refractivity contribution >= 4 is 52.7 Å². The summed E-state index contributed by atoms with van der Waals surface area (Å²) in [7, 11) is -1.61. The number of aromatic nitrogens is 1. The lowest BCUT2D eigenvalue weighted by Gasteiger charge is -2.36. The second kappa shape index (κ2) is 11.5. The minimum atomic E-state index is -1.61. The predicted octanol–water partition coefficient (Wildman–Crippen LogP) is 1.99. The van der Waals surface area contributed by atoms with Gasteiger partial charge in [0.15, 0.2) is 0 Å². The molecule has 5 rings (SSSR count). The van der Waals surface area contributed by atoms with Crippen molar-refractivity contribution in [2.24, 2.45) is 4.99 Å². The molecule has 1 aliphatic rings. The number of Topliss-reactive ketones (excluding diaryl/α,β-unsaturated/α-hetero) is 1. The second-order valence-electron chi connectivity index (χ2n) is 9.20. The maximum atomic E-state index is 14.4. The minimum Gasteiger partial charge on any atom is -0.423 e. The smallest absolute Gasteiger partial charge is 0.423 e. The van der Waals surface area contributed by atoms with Crippen LogP contribution in [0.4, 0.5) is 14.9 Å². The van der Waals surface area contributed by atoms with E-state index in [-0.39, 0.29) is 29.5 Å². The van der Waals surface area contributed by atoms with Gasteiger partial charge in [-0.1, -0.05) is 48.5 Å². The molecule has 4 N–H and O–H groups in total. The number of ketones is 1. The molecule has 202 valence electrons. The van der Waals surface area contributed by atoms with Crippen molar-refractivity contribution in [3.8, 4) is 0 Å². The third-order valence-electron chi connectivity index (χ3n) is 6.66. The molecule has 0 spiro atoms. The fourth-order valence-electron chi connectivity index (χ4n) is 4.59. The fraction of sp³-hybridized carbons (Fsp3) is 0.143. The highest BCUT2D eigenvalue weighted by Gasteiger charge is 2.30. The number of hydrogen-bond donors (Lipinski definition) is 4. The van der Waals surface area contributed by atoms with Gasteiger partial charge in [-0.3, -0.25) is 9.59 Å². The summed E-state index contributed by atoms with van der Waals surface area (Å²) in [6, 6.07) is 18.9. The molecule has 10 nitrogen and oxygen atoms in total. The van der Waals surface area contributed by atoms with Crippen molar-refractivity contribution in [2.75, 3.05) is 31.5 Å². The Morgan fingerprint density at radius 2 is 1.55 bits per heavy atom. The average molecular weight is 541 g/mol. The highest BCUT2D eigenvalue weighted by molar-refractivity contribution is 6.58. The Labute approximate surface area is 228 Å². The van der Waals surface area contributed by atoms with Gasteiger partial charge in [0.25, 0.3) is 11.7 Å². The van der Waals surface area contributed by atoms with E-state index in [2.05, 4.69) is 15.3 Å². The number of anilines is 1. The summed E-state index contributed by atoms with van der Waals surface area (Å²) in [6.07, 6.45) is 1.35. The molecule has 4 aromatic rings. The number of aliphatic imine (C=N–C) groups is 1. The van der Waals surface area contributed by atoms with Crippen LogP contribution in [0.3, 0.4) is 0 Å². The number of urea groups is 1. The number of carbonyl (C=O) groups is 3. The van der Waals surface area contributed by atoms with Crippen LogP contribution in [-0.4, -0.2) is 81.7 Å². The lowest BCUT2D eigenvalue weighted by Crippen LogP contribution is -2.52. The molecule has 12 heteroatoms. The molecular formula is C28H25BFN5O5. The van der Waals surface area contributed by atoms with Gasteiger partial charge in [-0.25, -0.2) is 9.18 Å². The number of H-pyrrole nitrogens is 1. The van der Waals surface area contributed by atoms with Crippen molar-refractivity contribution in [3.05, 3.63) is 95.9 Å². The quantitative estimate of drug-likeness (QED) is 0.100. The van der Waals surface area contributed by atoms with Gasteiger partial charge in [0.1, 0.15) is 11.7 Å². The predicted molar refractivity (Wildman–Crippen MR) is 149 cm³/mol. The number of benzene rings is 3. The number of nitrogens with one attached hydrogen (secondary N) is 2. The zero-order valence-electron chi connectivity index (χ0n) is 21.3. The topological polar surface area (TPSA) is 138 Å². The molecule has 3 amide bonds. The van der Waals surface area contributed by atoms with Crippen molar-refractivity contribution in [2.45, 2.75) is 0 Å². The minimum absolute atomic E-state index is 0.00901. The third kappa shape index (κ3) is 5.63. The van der Waals surface area contributed by atoms with E-state index in [9.17, 15) is 28.8 Å². The maximum Gasteiger partial charge on any atom is 0.488 e. The number of amides is 3. The first-order valence-corrected chi connectivity index (χ1v) is 12.6. The Bertz CT molecular complexity index is 1580. The molecule has 0 unspecified atom stereocenters. The summed E-state index contributed by atoms with van der Waals surface area (Å²) < 4.78 is 14.4. The summed E-state index contributed by atoms with van der Waals surface area (Å²) >= 11 is 0. The number of carbonyl (C=O) groups excluding carboxylic acids is 3. The number of amidine groups is 1. The monoisotopic (exact) mass is 541 g/mol. The molecule has 0 aliphatic carbocycles. The van der Waals surface area contributed by atoms with Crippen molar-refractivity contribution < 1.29 is 28.8 Å². The normalized spacial score (nSPS) is 13.8. The van der Waals surface area contributed by atoms with E-state index in [1.807, 2.05) is 35.2 Å². The zero-order valence-corrected chi connectivity index (χ0v) is 21.3. The third-order valence-corrected chi connectivity index (χ3v) is 6.66.